The first-order chi connectivity index (χ1) is 9.73. The predicted octanol–water partition coefficient (Wildman–Crippen LogP) is 1.63. The first kappa shape index (κ1) is 13.2. The summed E-state index contributed by atoms with van der Waals surface area (Å²) in [7, 11) is 3.41. The molecule has 0 spiro atoms. The SMILES string of the molecule is COCC1(C2CC2)CN=C(N)N1c1ccccc1OC. The van der Waals surface area contributed by atoms with E-state index in [-0.39, 0.29) is 5.54 Å². The van der Waals surface area contributed by atoms with Gasteiger partial charge in [0.25, 0.3) is 0 Å². The molecule has 1 atom stereocenters. The molecule has 1 aromatic carbocycles. The zero-order valence-electron chi connectivity index (χ0n) is 12.0. The van der Waals surface area contributed by atoms with Crippen LogP contribution in [-0.2, 0) is 4.74 Å². The highest BCUT2D eigenvalue weighted by Gasteiger charge is 2.54. The maximum atomic E-state index is 6.17. The number of benzene rings is 1. The van der Waals surface area contributed by atoms with Gasteiger partial charge in [-0.2, -0.15) is 0 Å². The van der Waals surface area contributed by atoms with Crippen LogP contribution in [0.4, 0.5) is 5.69 Å². The van der Waals surface area contributed by atoms with E-state index in [4.69, 9.17) is 15.2 Å². The van der Waals surface area contributed by atoms with Crippen LogP contribution in [0.3, 0.4) is 0 Å². The van der Waals surface area contributed by atoms with Crippen LogP contribution in [0.5, 0.6) is 5.75 Å². The molecule has 0 radical (unpaired) electrons. The number of anilines is 1. The average Bonchev–Trinajstić information content (AvgIpc) is 3.26. The number of nitrogens with two attached hydrogens (primary N) is 1. The minimum atomic E-state index is -0.159. The third-order valence-corrected chi connectivity index (χ3v) is 4.25. The zero-order chi connectivity index (χ0) is 14.2. The Morgan fingerprint density at radius 3 is 2.75 bits per heavy atom. The van der Waals surface area contributed by atoms with E-state index in [1.54, 1.807) is 14.2 Å². The van der Waals surface area contributed by atoms with Crippen LogP contribution in [-0.4, -0.2) is 38.9 Å². The van der Waals surface area contributed by atoms with Crippen LogP contribution in [0.1, 0.15) is 12.8 Å². The second kappa shape index (κ2) is 4.98. The summed E-state index contributed by atoms with van der Waals surface area (Å²) in [6, 6.07) is 7.93. The van der Waals surface area contributed by atoms with Gasteiger partial charge in [0.05, 0.1) is 31.5 Å². The van der Waals surface area contributed by atoms with Crippen molar-refractivity contribution < 1.29 is 9.47 Å². The number of hydrogen-bond acceptors (Lipinski definition) is 5. The molecule has 0 aromatic heterocycles. The lowest BCUT2D eigenvalue weighted by atomic mass is 9.92. The van der Waals surface area contributed by atoms with E-state index < -0.39 is 0 Å². The van der Waals surface area contributed by atoms with Crippen LogP contribution in [0.2, 0.25) is 0 Å². The van der Waals surface area contributed by atoms with Crippen molar-refractivity contribution in [1.29, 1.82) is 0 Å². The zero-order valence-corrected chi connectivity index (χ0v) is 12.0. The van der Waals surface area contributed by atoms with E-state index in [9.17, 15) is 0 Å². The Bertz CT molecular complexity index is 528. The minimum Gasteiger partial charge on any atom is -0.495 e. The number of rotatable bonds is 5. The normalized spacial score (nSPS) is 25.7. The Kier molecular flexibility index (Phi) is 3.30. The molecule has 108 valence electrons. The van der Waals surface area contributed by atoms with Gasteiger partial charge < -0.3 is 15.2 Å². The predicted molar refractivity (Wildman–Crippen MR) is 79.3 cm³/mol. The first-order valence-electron chi connectivity index (χ1n) is 6.95. The number of para-hydroxylation sites is 2. The van der Waals surface area contributed by atoms with Gasteiger partial charge in [-0.05, 0) is 30.9 Å². The summed E-state index contributed by atoms with van der Waals surface area (Å²) in [6.45, 7) is 1.31. The van der Waals surface area contributed by atoms with Gasteiger partial charge in [0.2, 0.25) is 0 Å². The molecule has 20 heavy (non-hydrogen) atoms. The topological polar surface area (TPSA) is 60.1 Å². The summed E-state index contributed by atoms with van der Waals surface area (Å²) in [6.07, 6.45) is 2.41. The minimum absolute atomic E-state index is 0.159. The van der Waals surface area contributed by atoms with E-state index in [1.165, 1.54) is 12.8 Å². The van der Waals surface area contributed by atoms with Gasteiger partial charge >= 0.3 is 0 Å². The molecule has 1 aliphatic carbocycles. The Morgan fingerprint density at radius 1 is 1.35 bits per heavy atom. The smallest absolute Gasteiger partial charge is 0.196 e. The first-order valence-corrected chi connectivity index (χ1v) is 6.95. The Balaban J connectivity index is 2.05. The van der Waals surface area contributed by atoms with Crippen molar-refractivity contribution >= 4 is 11.6 Å². The third-order valence-electron chi connectivity index (χ3n) is 4.25. The van der Waals surface area contributed by atoms with Gasteiger partial charge in [-0.25, -0.2) is 0 Å². The van der Waals surface area contributed by atoms with Crippen LogP contribution < -0.4 is 15.4 Å². The van der Waals surface area contributed by atoms with Crippen LogP contribution in [0.25, 0.3) is 0 Å². The van der Waals surface area contributed by atoms with Gasteiger partial charge in [0.1, 0.15) is 5.75 Å². The Labute approximate surface area is 119 Å². The van der Waals surface area contributed by atoms with Gasteiger partial charge in [-0.15, -0.1) is 0 Å². The standard InChI is InChI=1S/C15H21N3O2/c1-19-10-15(11-7-8-11)9-17-14(16)18(15)12-5-3-4-6-13(12)20-2/h3-6,11H,7-10H2,1-2H3,(H2,16,17). The second-order valence-electron chi connectivity index (χ2n) is 5.49. The summed E-state index contributed by atoms with van der Waals surface area (Å²) in [4.78, 5) is 6.61. The Morgan fingerprint density at radius 2 is 2.10 bits per heavy atom. The molecule has 1 unspecified atom stereocenters. The van der Waals surface area contributed by atoms with Gasteiger partial charge in [-0.3, -0.25) is 9.89 Å². The number of hydrogen-bond donors (Lipinski definition) is 1. The van der Waals surface area contributed by atoms with E-state index in [1.807, 2.05) is 24.3 Å². The van der Waals surface area contributed by atoms with Gasteiger partial charge in [0.15, 0.2) is 5.96 Å². The average molecular weight is 275 g/mol. The molecule has 2 aliphatic rings. The lowest BCUT2D eigenvalue weighted by Gasteiger charge is -2.39. The van der Waals surface area contributed by atoms with E-state index >= 15 is 0 Å². The summed E-state index contributed by atoms with van der Waals surface area (Å²) in [5.41, 5.74) is 6.98. The molecule has 2 N–H and O–H groups in total. The molecular weight excluding hydrogens is 254 g/mol. The van der Waals surface area contributed by atoms with Crippen molar-refractivity contribution in [2.45, 2.75) is 18.4 Å². The second-order valence-corrected chi connectivity index (χ2v) is 5.49. The molecule has 0 saturated heterocycles. The Hall–Kier alpha value is -1.75. The molecule has 5 nitrogen and oxygen atoms in total. The molecule has 3 rings (SSSR count). The fourth-order valence-electron chi connectivity index (χ4n) is 3.18. The number of guanidine groups is 1. The summed E-state index contributed by atoms with van der Waals surface area (Å²) < 4.78 is 11.0. The number of aliphatic imine (C=N–C) groups is 1. The summed E-state index contributed by atoms with van der Waals surface area (Å²) in [5.74, 6) is 1.95. The van der Waals surface area contributed by atoms with Crippen molar-refractivity contribution in [3.05, 3.63) is 24.3 Å². The number of nitrogens with zero attached hydrogens (tertiary/aromatic N) is 2. The van der Waals surface area contributed by atoms with E-state index in [0.29, 0.717) is 25.0 Å². The monoisotopic (exact) mass is 275 g/mol. The number of methoxy groups -OCH3 is 2. The fourth-order valence-corrected chi connectivity index (χ4v) is 3.18. The highest BCUT2D eigenvalue weighted by atomic mass is 16.5. The van der Waals surface area contributed by atoms with Crippen LogP contribution >= 0.6 is 0 Å². The van der Waals surface area contributed by atoms with E-state index in [0.717, 1.165) is 11.4 Å². The largest absolute Gasteiger partial charge is 0.495 e. The third kappa shape index (κ3) is 1.93. The lowest BCUT2D eigenvalue weighted by Crippen LogP contribution is -2.56. The molecule has 1 heterocycles. The van der Waals surface area contributed by atoms with Crippen molar-refractivity contribution in [2.24, 2.45) is 16.6 Å². The molecular formula is C15H21N3O2. The van der Waals surface area contributed by atoms with Gasteiger partial charge in [-0.1, -0.05) is 12.1 Å². The van der Waals surface area contributed by atoms with Crippen molar-refractivity contribution in [2.75, 3.05) is 32.3 Å². The molecule has 1 aromatic rings. The quantitative estimate of drug-likeness (QED) is 0.887. The maximum Gasteiger partial charge on any atom is 0.196 e. The van der Waals surface area contributed by atoms with E-state index in [2.05, 4.69) is 9.89 Å². The van der Waals surface area contributed by atoms with Crippen molar-refractivity contribution in [1.82, 2.24) is 0 Å². The summed E-state index contributed by atoms with van der Waals surface area (Å²) >= 11 is 0. The highest BCUT2D eigenvalue weighted by Crippen LogP contribution is 2.48. The molecule has 0 amide bonds. The molecule has 1 fully saturated rings. The summed E-state index contributed by atoms with van der Waals surface area (Å²) in [5, 5.41) is 0. The van der Waals surface area contributed by atoms with Crippen LogP contribution in [0, 0.1) is 5.92 Å². The van der Waals surface area contributed by atoms with Crippen LogP contribution in [0.15, 0.2) is 29.3 Å². The molecule has 0 bridgehead atoms. The van der Waals surface area contributed by atoms with Crippen molar-refractivity contribution in [3.8, 4) is 5.75 Å². The maximum absolute atomic E-state index is 6.17. The van der Waals surface area contributed by atoms with Gasteiger partial charge in [0, 0.05) is 7.11 Å². The van der Waals surface area contributed by atoms with Crippen molar-refractivity contribution in [3.63, 3.8) is 0 Å². The molecule has 1 aliphatic heterocycles. The molecule has 5 heteroatoms. The highest BCUT2D eigenvalue weighted by molar-refractivity contribution is 5.99. The molecule has 1 saturated carbocycles. The number of ether oxygens (including phenoxy) is 2. The lowest BCUT2D eigenvalue weighted by molar-refractivity contribution is 0.129. The fraction of sp³-hybridized carbons (Fsp3) is 0.533.